The SMILES string of the molecule is COc1ccc([C@H]2Oc3c(c4c(c5c3[C@H](c3ccc(O)c(O)c3)[C@@H](O)[C@@H](c3ccc(O)cc3O)O5)[C@H](c3ccc(O)c(O)c3)[C@@H](O)[C@@H](c3ccc(O)cc3O)O4)C[C@@H]2O)cc1O. The standard InChI is InChI=1S/C46H40O16/c1-59-34-11-4-20(14-32(34)55)41-33(56)17-25-42(60-41)37-35(18-2-9-26(49)30(53)12-18)40(58)45(24-8-6-22(48)16-29(24)52)62-46(37)38-36(19-3-10-27(50)31(54)13-19)39(57)44(61-43(25)38)23-7-5-21(47)15-28(23)51/h2-16,33,35-36,39-41,44-45,47-58H,17H2,1H3/t33-,35-,36-,39+,40+,41+,44+,45+/m0/s1. The highest BCUT2D eigenvalue weighted by Gasteiger charge is 2.52. The summed E-state index contributed by atoms with van der Waals surface area (Å²) in [6.45, 7) is 0. The smallest absolute Gasteiger partial charge is 0.160 e. The average Bonchev–Trinajstić information content (AvgIpc) is 3.23. The Hall–Kier alpha value is -7.40. The molecule has 8 atom stereocenters. The molecule has 9 rings (SSSR count). The van der Waals surface area contributed by atoms with Crippen LogP contribution < -0.4 is 18.9 Å². The summed E-state index contributed by atoms with van der Waals surface area (Å²) >= 11 is 0. The monoisotopic (exact) mass is 848 g/mol. The molecule has 0 bridgehead atoms. The Morgan fingerprint density at radius 3 is 1.35 bits per heavy atom. The lowest BCUT2D eigenvalue weighted by Gasteiger charge is -2.46. The van der Waals surface area contributed by atoms with Gasteiger partial charge in [0.25, 0.3) is 0 Å². The van der Waals surface area contributed by atoms with Crippen molar-refractivity contribution in [2.24, 2.45) is 0 Å². The van der Waals surface area contributed by atoms with E-state index in [1.165, 1.54) is 79.9 Å². The third kappa shape index (κ3) is 6.43. The first-order valence-corrected chi connectivity index (χ1v) is 19.4. The van der Waals surface area contributed by atoms with E-state index in [9.17, 15) is 61.3 Å². The van der Waals surface area contributed by atoms with Crippen molar-refractivity contribution in [3.63, 3.8) is 0 Å². The number of benzene rings is 6. The minimum atomic E-state index is -1.65. The van der Waals surface area contributed by atoms with Crippen LogP contribution in [-0.2, 0) is 6.42 Å². The Labute approximate surface area is 351 Å². The molecule has 0 amide bonds. The number of aromatic hydroxyl groups is 9. The summed E-state index contributed by atoms with van der Waals surface area (Å²) in [5, 5.41) is 133. The molecule has 16 heteroatoms. The molecule has 320 valence electrons. The molecular formula is C46H40O16. The number of phenols is 9. The molecule has 62 heavy (non-hydrogen) atoms. The van der Waals surface area contributed by atoms with E-state index in [0.29, 0.717) is 5.56 Å². The van der Waals surface area contributed by atoms with Gasteiger partial charge in [-0.3, -0.25) is 0 Å². The lowest BCUT2D eigenvalue weighted by molar-refractivity contribution is -0.0175. The maximum absolute atomic E-state index is 12.5. The van der Waals surface area contributed by atoms with Gasteiger partial charge in [0.1, 0.15) is 58.6 Å². The Morgan fingerprint density at radius 1 is 0.452 bits per heavy atom. The molecule has 3 aliphatic rings. The van der Waals surface area contributed by atoms with Gasteiger partial charge in [-0.2, -0.15) is 0 Å². The van der Waals surface area contributed by atoms with Gasteiger partial charge in [-0.05, 0) is 77.4 Å². The highest BCUT2D eigenvalue weighted by molar-refractivity contribution is 5.72. The molecule has 12 N–H and O–H groups in total. The Bertz CT molecular complexity index is 2750. The second-order valence-corrected chi connectivity index (χ2v) is 15.5. The van der Waals surface area contributed by atoms with Crippen LogP contribution in [0.1, 0.15) is 74.7 Å². The zero-order chi connectivity index (χ0) is 43.9. The minimum Gasteiger partial charge on any atom is -0.508 e. The van der Waals surface area contributed by atoms with Crippen LogP contribution in [0.4, 0.5) is 0 Å². The molecule has 0 saturated carbocycles. The van der Waals surface area contributed by atoms with Crippen LogP contribution >= 0.6 is 0 Å². The summed E-state index contributed by atoms with van der Waals surface area (Å²) < 4.78 is 25.5. The fourth-order valence-corrected chi connectivity index (χ4v) is 8.94. The first-order valence-electron chi connectivity index (χ1n) is 19.4. The molecule has 0 unspecified atom stereocenters. The van der Waals surface area contributed by atoms with Crippen molar-refractivity contribution in [1.82, 2.24) is 0 Å². The van der Waals surface area contributed by atoms with E-state index in [1.54, 1.807) is 6.07 Å². The zero-order valence-corrected chi connectivity index (χ0v) is 32.5. The molecule has 6 aromatic carbocycles. The lowest BCUT2D eigenvalue weighted by Crippen LogP contribution is -2.41. The Morgan fingerprint density at radius 2 is 0.903 bits per heavy atom. The maximum atomic E-state index is 12.5. The number of hydrogen-bond acceptors (Lipinski definition) is 16. The molecule has 0 aromatic heterocycles. The van der Waals surface area contributed by atoms with Gasteiger partial charge in [0.2, 0.25) is 0 Å². The number of aliphatic hydroxyl groups is 3. The third-order valence-corrected chi connectivity index (χ3v) is 11.8. The molecule has 16 nitrogen and oxygen atoms in total. The van der Waals surface area contributed by atoms with E-state index in [2.05, 4.69) is 0 Å². The van der Waals surface area contributed by atoms with E-state index in [4.69, 9.17) is 18.9 Å². The first kappa shape index (κ1) is 40.0. The molecule has 0 radical (unpaired) electrons. The van der Waals surface area contributed by atoms with Gasteiger partial charge >= 0.3 is 0 Å². The predicted molar refractivity (Wildman–Crippen MR) is 216 cm³/mol. The van der Waals surface area contributed by atoms with E-state index >= 15 is 0 Å². The van der Waals surface area contributed by atoms with Gasteiger partial charge in [-0.15, -0.1) is 0 Å². The van der Waals surface area contributed by atoms with Gasteiger partial charge < -0.3 is 80.2 Å². The van der Waals surface area contributed by atoms with Crippen molar-refractivity contribution in [1.29, 1.82) is 0 Å². The van der Waals surface area contributed by atoms with Gasteiger partial charge in [-0.1, -0.05) is 18.2 Å². The summed E-state index contributed by atoms with van der Waals surface area (Å²) in [6.07, 6.45) is -8.96. The second-order valence-electron chi connectivity index (χ2n) is 15.5. The van der Waals surface area contributed by atoms with Crippen molar-refractivity contribution < 1.29 is 80.2 Å². The van der Waals surface area contributed by atoms with Crippen LogP contribution in [-0.4, -0.2) is 86.7 Å². The van der Waals surface area contributed by atoms with Gasteiger partial charge in [0.15, 0.2) is 46.7 Å². The number of aliphatic hydroxyl groups excluding tert-OH is 3. The van der Waals surface area contributed by atoms with Crippen LogP contribution in [0.25, 0.3) is 0 Å². The molecule has 3 aliphatic heterocycles. The quantitative estimate of drug-likeness (QED) is 0.0943. The topological polar surface area (TPSA) is 280 Å². The molecule has 0 aliphatic carbocycles. The lowest BCUT2D eigenvalue weighted by atomic mass is 9.72. The molecular weight excluding hydrogens is 808 g/mol. The normalized spacial score (nSPS) is 23.7. The second kappa shape index (κ2) is 14.9. The largest absolute Gasteiger partial charge is 0.508 e. The van der Waals surface area contributed by atoms with Crippen LogP contribution in [0.15, 0.2) is 91.0 Å². The molecule has 6 aromatic rings. The summed E-state index contributed by atoms with van der Waals surface area (Å²) in [6, 6.07) is 19.5. The van der Waals surface area contributed by atoms with Gasteiger partial charge in [-0.25, -0.2) is 0 Å². The number of methoxy groups -OCH3 is 1. The van der Waals surface area contributed by atoms with Crippen molar-refractivity contribution in [3.8, 4) is 74.7 Å². The highest BCUT2D eigenvalue weighted by atomic mass is 16.5. The fraction of sp³-hybridized carbons (Fsp3) is 0.217. The average molecular weight is 849 g/mol. The van der Waals surface area contributed by atoms with Crippen molar-refractivity contribution in [3.05, 3.63) is 136 Å². The van der Waals surface area contributed by atoms with Crippen molar-refractivity contribution in [2.45, 2.75) is 54.9 Å². The summed E-state index contributed by atoms with van der Waals surface area (Å²) in [4.78, 5) is 0. The number of hydrogen-bond donors (Lipinski definition) is 12. The molecule has 3 heterocycles. The number of ether oxygens (including phenoxy) is 4. The van der Waals surface area contributed by atoms with E-state index in [1.807, 2.05) is 0 Å². The van der Waals surface area contributed by atoms with Crippen molar-refractivity contribution in [2.75, 3.05) is 7.11 Å². The minimum absolute atomic E-state index is 0.00587. The van der Waals surface area contributed by atoms with Crippen LogP contribution in [0, 0.1) is 0 Å². The van der Waals surface area contributed by atoms with E-state index < -0.39 is 83.0 Å². The maximum Gasteiger partial charge on any atom is 0.160 e. The summed E-state index contributed by atoms with van der Waals surface area (Å²) in [5.74, 6) is -6.28. The number of fused-ring (bicyclic) bond motifs is 6. The van der Waals surface area contributed by atoms with Crippen LogP contribution in [0.5, 0.6) is 74.7 Å². The number of rotatable bonds is 6. The van der Waals surface area contributed by atoms with Gasteiger partial charge in [0, 0.05) is 58.2 Å². The molecule has 0 fully saturated rings. The van der Waals surface area contributed by atoms with Crippen LogP contribution in [0.3, 0.4) is 0 Å². The van der Waals surface area contributed by atoms with E-state index in [0.717, 1.165) is 12.1 Å². The Balaban J connectivity index is 1.38. The Kier molecular flexibility index (Phi) is 9.65. The molecule has 0 saturated heterocycles. The first-order chi connectivity index (χ1) is 29.6. The van der Waals surface area contributed by atoms with E-state index in [-0.39, 0.29) is 85.6 Å². The summed E-state index contributed by atoms with van der Waals surface area (Å²) in [5.41, 5.74) is 1.15. The highest BCUT2D eigenvalue weighted by Crippen LogP contribution is 2.63. The zero-order valence-electron chi connectivity index (χ0n) is 32.5. The number of phenolic OH excluding ortho intramolecular Hbond substituents is 9. The summed E-state index contributed by atoms with van der Waals surface area (Å²) in [7, 11) is 1.37. The third-order valence-electron chi connectivity index (χ3n) is 11.8. The fourth-order valence-electron chi connectivity index (χ4n) is 8.94. The van der Waals surface area contributed by atoms with Crippen LogP contribution in [0.2, 0.25) is 0 Å². The molecule has 0 spiro atoms. The predicted octanol–water partition coefficient (Wildman–Crippen LogP) is 5.34. The van der Waals surface area contributed by atoms with Gasteiger partial charge in [0.05, 0.1) is 13.2 Å². The van der Waals surface area contributed by atoms with Crippen molar-refractivity contribution >= 4 is 0 Å².